The van der Waals surface area contributed by atoms with Crippen LogP contribution < -0.4 is 59.1 Å². The van der Waals surface area contributed by atoms with E-state index in [1.807, 2.05) is 24.3 Å². The molecule has 1 aromatic heterocycles. The predicted octanol–water partition coefficient (Wildman–Crippen LogP) is -3.76. The van der Waals surface area contributed by atoms with Gasteiger partial charge in [-0.05, 0) is 66.6 Å². The van der Waals surface area contributed by atoms with Gasteiger partial charge in [-0.2, -0.15) is 0 Å². The summed E-state index contributed by atoms with van der Waals surface area (Å²) in [6.45, 7) is 6.36. The van der Waals surface area contributed by atoms with E-state index in [1.165, 1.54) is 0 Å². The first-order chi connectivity index (χ1) is 14.2. The Morgan fingerprint density at radius 2 is 1.52 bits per heavy atom. The van der Waals surface area contributed by atoms with Crippen molar-refractivity contribution in [3.05, 3.63) is 66.6 Å². The number of fused-ring (bicyclic) bond motifs is 2. The molecular weight excluding hydrogens is 600 g/mol. The number of nitrogens with zero attached hydrogens (tertiary/aromatic N) is 2. The molecule has 0 bridgehead atoms. The van der Waals surface area contributed by atoms with Gasteiger partial charge in [-0.15, -0.1) is 0 Å². The molecule has 0 saturated carbocycles. The van der Waals surface area contributed by atoms with Gasteiger partial charge in [0.15, 0.2) is 0 Å². The first kappa shape index (κ1) is 29.6. The minimum atomic E-state index is -4.73. The van der Waals surface area contributed by atoms with Crippen LogP contribution in [0.2, 0.25) is 0 Å². The number of aromatic nitrogens is 1. The van der Waals surface area contributed by atoms with Gasteiger partial charge in [-0.3, -0.25) is 0 Å². The molecule has 0 radical (unpaired) electrons. The fourth-order valence-electron chi connectivity index (χ4n) is 4.82. The summed E-state index contributed by atoms with van der Waals surface area (Å²) in [4.78, 5) is 1.27. The molecule has 14 heteroatoms. The van der Waals surface area contributed by atoms with Crippen LogP contribution in [0, 0.1) is 23.3 Å². The molecule has 4 rings (SSSR count). The Morgan fingerprint density at radius 1 is 0.970 bits per heavy atom. The van der Waals surface area contributed by atoms with Crippen molar-refractivity contribution in [3.8, 4) is 0 Å². The van der Waals surface area contributed by atoms with Crippen molar-refractivity contribution in [2.45, 2.75) is 32.6 Å². The molecule has 2 aromatic rings. The smallest absolute Gasteiger partial charge is 0.744 e. The van der Waals surface area contributed by atoms with Crippen LogP contribution in [-0.2, 0) is 20.2 Å². The maximum atomic E-state index is 12.0. The Morgan fingerprint density at radius 3 is 2.00 bits per heavy atom. The number of hydrogen-bond acceptors (Lipinski definition) is 7. The van der Waals surface area contributed by atoms with Gasteiger partial charge in [-0.1, -0.05) is 19.1 Å². The van der Waals surface area contributed by atoms with E-state index >= 15 is 0 Å². The van der Waals surface area contributed by atoms with Crippen molar-refractivity contribution in [1.29, 1.82) is 0 Å². The molecule has 33 heavy (non-hydrogen) atoms. The minimum Gasteiger partial charge on any atom is -0.744 e. The van der Waals surface area contributed by atoms with E-state index in [9.17, 15) is 25.9 Å². The molecule has 0 fully saturated rings. The van der Waals surface area contributed by atoms with Crippen molar-refractivity contribution in [3.63, 3.8) is 0 Å². The van der Waals surface area contributed by atoms with Gasteiger partial charge in [0.2, 0.25) is 0 Å². The molecule has 1 unspecified atom stereocenters. The molecule has 1 aromatic carbocycles. The molecular formula is C19H18BIN2Na2O6S2. The molecule has 0 amide bonds. The van der Waals surface area contributed by atoms with Crippen LogP contribution in [0.5, 0.6) is 0 Å². The summed E-state index contributed by atoms with van der Waals surface area (Å²) >= 11 is 2.16. The van der Waals surface area contributed by atoms with E-state index in [-0.39, 0.29) is 82.2 Å². The van der Waals surface area contributed by atoms with Crippen molar-refractivity contribution in [1.82, 2.24) is 9.29 Å². The maximum absolute atomic E-state index is 12.0. The van der Waals surface area contributed by atoms with Crippen LogP contribution in [0.3, 0.4) is 0 Å². The number of allylic oxidation sites excluding steroid dienone is 2. The maximum Gasteiger partial charge on any atom is 1.00 e. The van der Waals surface area contributed by atoms with Gasteiger partial charge in [-0.25, -0.2) is 16.8 Å². The van der Waals surface area contributed by atoms with E-state index in [0.29, 0.717) is 28.2 Å². The van der Waals surface area contributed by atoms with Crippen LogP contribution in [0.25, 0.3) is 5.57 Å². The van der Waals surface area contributed by atoms with E-state index in [0.717, 1.165) is 9.13 Å². The second-order valence-corrected chi connectivity index (χ2v) is 11.6. The molecule has 1 atom stereocenters. The van der Waals surface area contributed by atoms with E-state index < -0.39 is 26.2 Å². The molecule has 3 heterocycles. The van der Waals surface area contributed by atoms with Crippen molar-refractivity contribution in [2.24, 2.45) is 5.92 Å². The molecule has 164 valence electrons. The van der Waals surface area contributed by atoms with Gasteiger partial charge >= 0.3 is 66.7 Å². The summed E-state index contributed by atoms with van der Waals surface area (Å²) in [5.41, 5.74) is 3.41. The van der Waals surface area contributed by atoms with Gasteiger partial charge in [0.05, 0.1) is 9.80 Å². The standard InChI is InChI=1S/C19H20BIN2O6S2.2Na/c1-9-16-15(13-5-7-14(21)8-6-13)17-10(2)19(31(27,28)29)12(4)23(17)20-22(16)11(3)18(9)30(24,25)26;;/h5-9,20H,1-4H3,(H,24,25,26)(H,27,28,29);;/q;2*+1/p-2. The average Bonchev–Trinajstić information content (AvgIpc) is 3.05. The van der Waals surface area contributed by atoms with E-state index in [4.69, 9.17) is 0 Å². The first-order valence-electron chi connectivity index (χ1n) is 9.35. The van der Waals surface area contributed by atoms with Gasteiger partial charge in [0.1, 0.15) is 20.2 Å². The third-order valence-corrected chi connectivity index (χ3v) is 8.99. The zero-order chi connectivity index (χ0) is 23.0. The Balaban J connectivity index is 0.00000193. The van der Waals surface area contributed by atoms with E-state index in [2.05, 4.69) is 22.6 Å². The van der Waals surface area contributed by atoms with Crippen LogP contribution in [-0.4, -0.2) is 42.8 Å². The molecule has 0 N–H and O–H groups in total. The first-order valence-corrected chi connectivity index (χ1v) is 13.2. The summed E-state index contributed by atoms with van der Waals surface area (Å²) < 4.78 is 74.8. The third kappa shape index (κ3) is 4.87. The fraction of sp³-hybridized carbons (Fsp3) is 0.263. The molecule has 2 aliphatic rings. The topological polar surface area (TPSA) is 123 Å². The van der Waals surface area contributed by atoms with Crippen molar-refractivity contribution < 1.29 is 85.1 Å². The Hall–Kier alpha value is 0.395. The largest absolute Gasteiger partial charge is 1.00 e. The Bertz CT molecular complexity index is 1420. The monoisotopic (exact) mass is 618 g/mol. The summed E-state index contributed by atoms with van der Waals surface area (Å²) in [6, 6.07) is 7.48. The Kier molecular flexibility index (Phi) is 9.01. The van der Waals surface area contributed by atoms with Crippen LogP contribution in [0.1, 0.15) is 36.4 Å². The van der Waals surface area contributed by atoms with Gasteiger partial charge < -0.3 is 18.4 Å². The van der Waals surface area contributed by atoms with Gasteiger partial charge in [0.25, 0.3) is 0 Å². The number of hydrogen-bond donors (Lipinski definition) is 0. The van der Waals surface area contributed by atoms with Gasteiger partial charge in [0, 0.05) is 37.8 Å². The van der Waals surface area contributed by atoms with Crippen LogP contribution >= 0.6 is 22.6 Å². The third-order valence-electron chi connectivity index (χ3n) is 5.98. The molecule has 2 aliphatic heterocycles. The molecule has 0 aliphatic carbocycles. The summed E-state index contributed by atoms with van der Waals surface area (Å²) in [7, 11) is -9.32. The quantitative estimate of drug-likeness (QED) is 0.197. The summed E-state index contributed by atoms with van der Waals surface area (Å²) in [6.07, 6.45) is 0. The van der Waals surface area contributed by atoms with Crippen LogP contribution in [0.15, 0.2) is 45.5 Å². The second kappa shape index (κ2) is 10.0. The zero-order valence-corrected chi connectivity index (χ0v) is 26.9. The fourth-order valence-corrected chi connectivity index (χ4v) is 7.14. The average molecular weight is 618 g/mol. The van der Waals surface area contributed by atoms with Crippen LogP contribution in [0.4, 0.5) is 0 Å². The summed E-state index contributed by atoms with van der Waals surface area (Å²) in [5.74, 6) is -0.715. The second-order valence-electron chi connectivity index (χ2n) is 7.73. The Labute approximate surface area is 252 Å². The molecule has 0 spiro atoms. The summed E-state index contributed by atoms with van der Waals surface area (Å²) in [5, 5.41) is 0. The predicted molar refractivity (Wildman–Crippen MR) is 123 cm³/mol. The van der Waals surface area contributed by atoms with Crippen molar-refractivity contribution >= 4 is 55.9 Å². The number of benzene rings is 1. The molecule has 8 nitrogen and oxygen atoms in total. The SMILES string of the molecule is CC1=C(S(=O)(=O)[O-])C(C)C2=C(c3ccc(I)cc3)c3c(C)c(S(=O)(=O)[O-])c(C)n3BN12.[Na+].[Na+]. The zero-order valence-electron chi connectivity index (χ0n) is 19.1. The number of halogens is 1. The number of rotatable bonds is 3. The van der Waals surface area contributed by atoms with E-state index in [1.54, 1.807) is 37.0 Å². The molecule has 0 saturated heterocycles. The normalized spacial score (nSPS) is 17.8. The minimum absolute atomic E-state index is 0. The van der Waals surface area contributed by atoms with Crippen molar-refractivity contribution in [2.75, 3.05) is 0 Å².